The number of carbonyl (C=O) groups is 1. The molecule has 5 fully saturated rings. The third kappa shape index (κ3) is 3.62. The van der Waals surface area contributed by atoms with Gasteiger partial charge in [0, 0.05) is 12.3 Å². The minimum atomic E-state index is -0.770. The third-order valence-corrected chi connectivity index (χ3v) is 13.5. The molecule has 5 rings (SSSR count). The van der Waals surface area contributed by atoms with Crippen molar-refractivity contribution in [2.75, 3.05) is 0 Å². The molecule has 1 saturated heterocycles. The van der Waals surface area contributed by atoms with Gasteiger partial charge in [0.15, 0.2) is 0 Å². The third-order valence-electron chi connectivity index (χ3n) is 13.5. The summed E-state index contributed by atoms with van der Waals surface area (Å²) in [6, 6.07) is 0. The lowest BCUT2D eigenvalue weighted by atomic mass is 9.35. The lowest BCUT2D eigenvalue weighted by Crippen LogP contribution is -2.64. The van der Waals surface area contributed by atoms with Gasteiger partial charge in [0.2, 0.25) is 0 Å². The highest BCUT2D eigenvalue weighted by Gasteiger charge is 2.70. The summed E-state index contributed by atoms with van der Waals surface area (Å²) in [5.41, 5.74) is 0.122. The predicted molar refractivity (Wildman–Crippen MR) is 143 cm³/mol. The van der Waals surface area contributed by atoms with Crippen LogP contribution in [0.4, 0.5) is 0 Å². The van der Waals surface area contributed by atoms with E-state index in [0.29, 0.717) is 34.0 Å². The van der Waals surface area contributed by atoms with Crippen LogP contribution in [0.5, 0.6) is 0 Å². The minimum Gasteiger partial charge on any atom is -0.462 e. The van der Waals surface area contributed by atoms with Crippen molar-refractivity contribution < 1.29 is 19.4 Å². The molecule has 1 aliphatic heterocycles. The molecule has 0 aromatic rings. The van der Waals surface area contributed by atoms with Crippen LogP contribution in [0.15, 0.2) is 0 Å². The molecule has 4 saturated carbocycles. The summed E-state index contributed by atoms with van der Waals surface area (Å²) in [5, 5.41) is 10.7. The molecule has 4 nitrogen and oxygen atoms in total. The number of aliphatic hydroxyl groups is 1. The van der Waals surface area contributed by atoms with Gasteiger partial charge in [-0.25, -0.2) is 0 Å². The van der Waals surface area contributed by atoms with Crippen LogP contribution in [0.1, 0.15) is 127 Å². The minimum absolute atomic E-state index is 0.0211. The van der Waals surface area contributed by atoms with Gasteiger partial charge in [-0.05, 0) is 125 Å². The van der Waals surface area contributed by atoms with Crippen LogP contribution in [-0.2, 0) is 14.3 Å². The van der Waals surface area contributed by atoms with E-state index in [4.69, 9.17) is 9.47 Å². The Morgan fingerprint density at radius 3 is 2.08 bits per heavy atom. The molecule has 4 aliphatic carbocycles. The second-order valence-electron chi connectivity index (χ2n) is 15.9. The highest BCUT2D eigenvalue weighted by Crippen LogP contribution is 2.76. The molecule has 0 aromatic carbocycles. The Balaban J connectivity index is 1.42. The normalized spacial score (nSPS) is 52.3. The molecule has 0 radical (unpaired) electrons. The maximum absolute atomic E-state index is 11.9. The fourth-order valence-electron chi connectivity index (χ4n) is 11.5. The topological polar surface area (TPSA) is 55.8 Å². The molecule has 5 unspecified atom stereocenters. The summed E-state index contributed by atoms with van der Waals surface area (Å²) in [6.45, 7) is 20.4. The van der Waals surface area contributed by atoms with Gasteiger partial charge < -0.3 is 14.6 Å². The second-order valence-corrected chi connectivity index (χ2v) is 15.9. The van der Waals surface area contributed by atoms with Crippen LogP contribution in [0.25, 0.3) is 0 Å². The van der Waals surface area contributed by atoms with Crippen molar-refractivity contribution >= 4 is 5.97 Å². The Labute approximate surface area is 220 Å². The van der Waals surface area contributed by atoms with Crippen molar-refractivity contribution in [1.82, 2.24) is 0 Å². The van der Waals surface area contributed by atoms with Crippen LogP contribution in [0.3, 0.4) is 0 Å². The lowest BCUT2D eigenvalue weighted by molar-refractivity contribution is -0.231. The molecular weight excluding hydrogens is 448 g/mol. The Hall–Kier alpha value is -0.610. The molecular formula is C32H54O4. The number of carbonyl (C=O) groups excluding carboxylic acids is 1. The zero-order valence-corrected chi connectivity index (χ0v) is 24.7. The number of esters is 1. The van der Waals surface area contributed by atoms with Gasteiger partial charge in [0.1, 0.15) is 6.10 Å². The van der Waals surface area contributed by atoms with Crippen LogP contribution in [0, 0.1) is 45.3 Å². The van der Waals surface area contributed by atoms with E-state index in [1.165, 1.54) is 44.9 Å². The second kappa shape index (κ2) is 8.20. The van der Waals surface area contributed by atoms with Crippen LogP contribution in [-0.4, -0.2) is 34.5 Å². The summed E-state index contributed by atoms with van der Waals surface area (Å²) in [4.78, 5) is 11.9. The Morgan fingerprint density at radius 1 is 0.806 bits per heavy atom. The molecule has 206 valence electrons. The van der Waals surface area contributed by atoms with E-state index in [-0.39, 0.29) is 29.2 Å². The first-order chi connectivity index (χ1) is 16.5. The summed E-state index contributed by atoms with van der Waals surface area (Å²) in [6.07, 6.45) is 11.9. The summed E-state index contributed by atoms with van der Waals surface area (Å²) < 4.78 is 12.6. The standard InChI is InChI=1S/C32H54O4/c1-20(33)35-25-14-16-29(6)23(27(25,2)3)13-18-31(8)24(29)11-10-21-22(12-17-30(21,31)7)32(9)19-15-26(36-32)28(4,5)34/h21-26,34H,10-19H2,1-9H3/t21?,22?,23?,24?,25-,26?,29+,30-,31-,32-/m1/s1. The molecule has 0 bridgehead atoms. The van der Waals surface area contributed by atoms with E-state index in [9.17, 15) is 9.90 Å². The van der Waals surface area contributed by atoms with Crippen LogP contribution >= 0.6 is 0 Å². The van der Waals surface area contributed by atoms with Crippen LogP contribution < -0.4 is 0 Å². The summed E-state index contributed by atoms with van der Waals surface area (Å²) in [5.74, 6) is 2.49. The Morgan fingerprint density at radius 2 is 1.47 bits per heavy atom. The van der Waals surface area contributed by atoms with Gasteiger partial charge >= 0.3 is 5.97 Å². The Bertz CT molecular complexity index is 889. The SMILES string of the molecule is CC(=O)O[C@@H]1CC[C@@]2(C)C(CC[C@]3(C)C2CCC2C([C@@]4(C)CCC(C(C)(C)O)O4)CC[C@]23C)C1(C)C. The van der Waals surface area contributed by atoms with Crippen LogP contribution in [0.2, 0.25) is 0 Å². The average Bonchev–Trinajstić information content (AvgIpc) is 3.32. The molecule has 10 atom stereocenters. The van der Waals surface area contributed by atoms with E-state index < -0.39 is 5.60 Å². The molecule has 4 heteroatoms. The van der Waals surface area contributed by atoms with Crippen molar-refractivity contribution in [1.29, 1.82) is 0 Å². The van der Waals surface area contributed by atoms with Gasteiger partial charge in [-0.1, -0.05) is 34.6 Å². The van der Waals surface area contributed by atoms with Gasteiger partial charge in [-0.3, -0.25) is 4.79 Å². The van der Waals surface area contributed by atoms with Gasteiger partial charge in [0.05, 0.1) is 17.3 Å². The van der Waals surface area contributed by atoms with E-state index in [2.05, 4.69) is 41.5 Å². The maximum Gasteiger partial charge on any atom is 0.302 e. The average molecular weight is 503 g/mol. The quantitative estimate of drug-likeness (QED) is 0.411. The maximum atomic E-state index is 11.9. The van der Waals surface area contributed by atoms with E-state index in [1.54, 1.807) is 6.92 Å². The molecule has 0 amide bonds. The van der Waals surface area contributed by atoms with Crippen molar-refractivity contribution in [3.63, 3.8) is 0 Å². The van der Waals surface area contributed by atoms with Crippen molar-refractivity contribution in [2.24, 2.45) is 45.3 Å². The van der Waals surface area contributed by atoms with Gasteiger partial charge in [-0.15, -0.1) is 0 Å². The molecule has 36 heavy (non-hydrogen) atoms. The number of fused-ring (bicyclic) bond motifs is 5. The number of rotatable bonds is 3. The van der Waals surface area contributed by atoms with E-state index in [1.807, 2.05) is 13.8 Å². The van der Waals surface area contributed by atoms with Crippen molar-refractivity contribution in [2.45, 2.75) is 150 Å². The monoisotopic (exact) mass is 502 g/mol. The van der Waals surface area contributed by atoms with Crippen molar-refractivity contribution in [3.8, 4) is 0 Å². The number of hydrogen-bond donors (Lipinski definition) is 1. The largest absolute Gasteiger partial charge is 0.462 e. The number of hydrogen-bond acceptors (Lipinski definition) is 4. The number of ether oxygens (including phenoxy) is 2. The smallest absolute Gasteiger partial charge is 0.302 e. The first kappa shape index (κ1) is 27.0. The highest BCUT2D eigenvalue weighted by atomic mass is 16.5. The summed E-state index contributed by atoms with van der Waals surface area (Å²) >= 11 is 0. The predicted octanol–water partition coefficient (Wildman–Crippen LogP) is 7.31. The first-order valence-electron chi connectivity index (χ1n) is 15.1. The molecule has 5 aliphatic rings. The molecule has 0 spiro atoms. The van der Waals surface area contributed by atoms with Gasteiger partial charge in [0.25, 0.3) is 0 Å². The molecule has 1 N–H and O–H groups in total. The lowest BCUT2D eigenvalue weighted by Gasteiger charge is -2.70. The van der Waals surface area contributed by atoms with E-state index in [0.717, 1.165) is 25.2 Å². The zero-order chi connectivity index (χ0) is 26.5. The van der Waals surface area contributed by atoms with Gasteiger partial charge in [-0.2, -0.15) is 0 Å². The molecule has 1 heterocycles. The Kier molecular flexibility index (Phi) is 6.14. The van der Waals surface area contributed by atoms with E-state index >= 15 is 0 Å². The fraction of sp³-hybridized carbons (Fsp3) is 0.969. The summed E-state index contributed by atoms with van der Waals surface area (Å²) in [7, 11) is 0. The first-order valence-corrected chi connectivity index (χ1v) is 15.1. The molecule has 0 aromatic heterocycles. The van der Waals surface area contributed by atoms with Crippen molar-refractivity contribution in [3.05, 3.63) is 0 Å². The fourth-order valence-corrected chi connectivity index (χ4v) is 11.5. The zero-order valence-electron chi connectivity index (χ0n) is 24.7. The highest BCUT2D eigenvalue weighted by molar-refractivity contribution is 5.66.